The molecule has 2 N–H and O–H groups in total. The summed E-state index contributed by atoms with van der Waals surface area (Å²) in [6.07, 6.45) is 2.94. The van der Waals surface area contributed by atoms with Crippen LogP contribution < -0.4 is 16.4 Å². The Hall–Kier alpha value is -4.33. The number of carbonyl (C=O) groups is 2. The molecule has 0 saturated heterocycles. The second kappa shape index (κ2) is 7.73. The molecule has 8 nitrogen and oxygen atoms in total. The van der Waals surface area contributed by atoms with Crippen molar-refractivity contribution in [3.63, 3.8) is 0 Å². The number of rotatable bonds is 3. The van der Waals surface area contributed by atoms with Crippen molar-refractivity contribution in [2.45, 2.75) is 0 Å². The zero-order valence-corrected chi connectivity index (χ0v) is 15.1. The van der Waals surface area contributed by atoms with Crippen LogP contribution in [0.25, 0.3) is 16.6 Å². The van der Waals surface area contributed by atoms with Crippen molar-refractivity contribution < 1.29 is 9.59 Å². The van der Waals surface area contributed by atoms with Gasteiger partial charge in [-0.3, -0.25) is 34.8 Å². The van der Waals surface area contributed by atoms with Gasteiger partial charge in [-0.15, -0.1) is 0 Å². The average Bonchev–Trinajstić information content (AvgIpc) is 2.78. The van der Waals surface area contributed by atoms with Crippen LogP contribution in [0.5, 0.6) is 0 Å². The van der Waals surface area contributed by atoms with Gasteiger partial charge < -0.3 is 0 Å². The van der Waals surface area contributed by atoms with Crippen molar-refractivity contribution >= 4 is 22.7 Å². The lowest BCUT2D eigenvalue weighted by atomic mass is 10.2. The smallest absolute Gasteiger partial charge is 0.268 e. The number of hydrogen-bond acceptors (Lipinski definition) is 5. The minimum Gasteiger partial charge on any atom is -0.268 e. The molecule has 0 radical (unpaired) electrons. The van der Waals surface area contributed by atoms with Gasteiger partial charge in [-0.25, -0.2) is 4.98 Å². The number of nitrogens with zero attached hydrogens (tertiary/aromatic N) is 3. The van der Waals surface area contributed by atoms with E-state index >= 15 is 0 Å². The minimum absolute atomic E-state index is 0.186. The van der Waals surface area contributed by atoms with E-state index in [1.807, 2.05) is 6.07 Å². The first-order valence-corrected chi connectivity index (χ1v) is 8.72. The Bertz CT molecular complexity index is 1250. The Kier molecular flexibility index (Phi) is 4.81. The number of hydrogen-bond donors (Lipinski definition) is 2. The fraction of sp³-hybridized carbons (Fsp3) is 0. The number of hydrazine groups is 1. The number of fused-ring (bicyclic) bond motifs is 1. The maximum absolute atomic E-state index is 12.7. The molecule has 0 unspecified atom stereocenters. The molecule has 2 heterocycles. The minimum atomic E-state index is -0.524. The fourth-order valence-electron chi connectivity index (χ4n) is 2.77. The molecule has 0 fully saturated rings. The molecule has 0 aliphatic heterocycles. The molecule has 4 aromatic rings. The summed E-state index contributed by atoms with van der Waals surface area (Å²) in [6.45, 7) is 0. The standard InChI is InChI=1S/C21H15N5O3/c27-19(24-25-20(28)18-7-3-4-12-22-18)14-8-10-15(11-9-14)26-13-23-17-6-2-1-5-16(17)21(26)29/h1-13H,(H,24,27)(H,25,28). The number of benzene rings is 2. The van der Waals surface area contributed by atoms with E-state index in [-0.39, 0.29) is 11.3 Å². The third-order valence-corrected chi connectivity index (χ3v) is 4.26. The van der Waals surface area contributed by atoms with Crippen LogP contribution in [0.4, 0.5) is 0 Å². The Balaban J connectivity index is 1.49. The lowest BCUT2D eigenvalue weighted by Gasteiger charge is -2.09. The molecule has 2 amide bonds. The van der Waals surface area contributed by atoms with Crippen LogP contribution in [0.3, 0.4) is 0 Å². The summed E-state index contributed by atoms with van der Waals surface area (Å²) in [6, 6.07) is 18.4. The van der Waals surface area contributed by atoms with Gasteiger partial charge in [0, 0.05) is 11.8 Å². The van der Waals surface area contributed by atoms with E-state index in [0.717, 1.165) is 0 Å². The summed E-state index contributed by atoms with van der Waals surface area (Å²) < 4.78 is 1.41. The summed E-state index contributed by atoms with van der Waals surface area (Å²) in [5, 5.41) is 0.508. The van der Waals surface area contributed by atoms with E-state index in [1.54, 1.807) is 54.6 Å². The summed E-state index contributed by atoms with van der Waals surface area (Å²) in [5.74, 6) is -1.02. The quantitative estimate of drug-likeness (QED) is 0.524. The molecular formula is C21H15N5O3. The van der Waals surface area contributed by atoms with Crippen molar-refractivity contribution in [3.8, 4) is 5.69 Å². The van der Waals surface area contributed by atoms with E-state index in [1.165, 1.54) is 23.2 Å². The Morgan fingerprint density at radius 1 is 0.793 bits per heavy atom. The first kappa shape index (κ1) is 18.1. The predicted molar refractivity (Wildman–Crippen MR) is 107 cm³/mol. The van der Waals surface area contributed by atoms with Crippen molar-refractivity contribution in [1.82, 2.24) is 25.4 Å². The molecule has 0 spiro atoms. The van der Waals surface area contributed by atoms with Crippen LogP contribution >= 0.6 is 0 Å². The molecule has 2 aromatic carbocycles. The molecule has 0 saturated carbocycles. The average molecular weight is 385 g/mol. The second-order valence-electron chi connectivity index (χ2n) is 6.11. The van der Waals surface area contributed by atoms with Gasteiger partial charge in [0.1, 0.15) is 12.0 Å². The molecule has 0 atom stereocenters. The normalized spacial score (nSPS) is 10.5. The van der Waals surface area contributed by atoms with Crippen molar-refractivity contribution in [1.29, 1.82) is 0 Å². The highest BCUT2D eigenvalue weighted by Crippen LogP contribution is 2.11. The summed E-state index contributed by atoms with van der Waals surface area (Å²) in [4.78, 5) is 45.0. The van der Waals surface area contributed by atoms with Crippen molar-refractivity contribution in [2.24, 2.45) is 0 Å². The van der Waals surface area contributed by atoms with Gasteiger partial charge in [0.05, 0.1) is 16.6 Å². The summed E-state index contributed by atoms with van der Waals surface area (Å²) in [7, 11) is 0. The topological polar surface area (TPSA) is 106 Å². The van der Waals surface area contributed by atoms with E-state index in [4.69, 9.17) is 0 Å². The first-order chi connectivity index (χ1) is 14.1. The summed E-state index contributed by atoms with van der Waals surface area (Å²) in [5.41, 5.74) is 6.13. The zero-order valence-electron chi connectivity index (χ0n) is 15.1. The third kappa shape index (κ3) is 3.72. The summed E-state index contributed by atoms with van der Waals surface area (Å²) >= 11 is 0. The molecule has 4 rings (SSSR count). The van der Waals surface area contributed by atoms with Gasteiger partial charge in [0.2, 0.25) is 0 Å². The van der Waals surface area contributed by atoms with Crippen LogP contribution in [0.1, 0.15) is 20.8 Å². The SMILES string of the molecule is O=C(NNC(=O)c1ccccn1)c1ccc(-n2cnc3ccccc3c2=O)cc1. The highest BCUT2D eigenvalue weighted by molar-refractivity contribution is 5.98. The van der Waals surface area contributed by atoms with Crippen LogP contribution in [0.2, 0.25) is 0 Å². The molecule has 29 heavy (non-hydrogen) atoms. The van der Waals surface area contributed by atoms with E-state index in [9.17, 15) is 14.4 Å². The van der Waals surface area contributed by atoms with Gasteiger partial charge >= 0.3 is 0 Å². The highest BCUT2D eigenvalue weighted by Gasteiger charge is 2.11. The molecule has 0 aliphatic rings. The zero-order chi connectivity index (χ0) is 20.2. The van der Waals surface area contributed by atoms with Crippen molar-refractivity contribution in [2.75, 3.05) is 0 Å². The number of nitrogens with one attached hydrogen (secondary N) is 2. The molecule has 142 valence electrons. The maximum atomic E-state index is 12.7. The van der Waals surface area contributed by atoms with Gasteiger partial charge in [-0.2, -0.15) is 0 Å². The molecular weight excluding hydrogens is 370 g/mol. The first-order valence-electron chi connectivity index (χ1n) is 8.72. The number of amides is 2. The molecule has 8 heteroatoms. The Labute approximate surface area is 164 Å². The van der Waals surface area contributed by atoms with Crippen LogP contribution in [0, 0.1) is 0 Å². The molecule has 2 aromatic heterocycles. The molecule has 0 aliphatic carbocycles. The third-order valence-electron chi connectivity index (χ3n) is 4.26. The predicted octanol–water partition coefficient (Wildman–Crippen LogP) is 1.86. The lowest BCUT2D eigenvalue weighted by molar-refractivity contribution is 0.0844. The van der Waals surface area contributed by atoms with E-state index in [2.05, 4.69) is 20.8 Å². The van der Waals surface area contributed by atoms with Gasteiger partial charge in [-0.05, 0) is 48.5 Å². The largest absolute Gasteiger partial charge is 0.288 e. The number of carbonyl (C=O) groups excluding carboxylic acids is 2. The Morgan fingerprint density at radius 3 is 2.28 bits per heavy atom. The second-order valence-corrected chi connectivity index (χ2v) is 6.11. The van der Waals surface area contributed by atoms with Gasteiger partial charge in [-0.1, -0.05) is 18.2 Å². The highest BCUT2D eigenvalue weighted by atomic mass is 16.2. The van der Waals surface area contributed by atoms with E-state index < -0.39 is 11.8 Å². The van der Waals surface area contributed by atoms with Crippen LogP contribution in [-0.2, 0) is 0 Å². The molecule has 0 bridgehead atoms. The van der Waals surface area contributed by atoms with Gasteiger partial charge in [0.15, 0.2) is 0 Å². The van der Waals surface area contributed by atoms with Crippen LogP contribution in [0.15, 0.2) is 84.0 Å². The monoisotopic (exact) mass is 385 g/mol. The van der Waals surface area contributed by atoms with Crippen LogP contribution in [-0.4, -0.2) is 26.3 Å². The van der Waals surface area contributed by atoms with E-state index in [0.29, 0.717) is 22.2 Å². The number of aromatic nitrogens is 3. The Morgan fingerprint density at radius 2 is 1.52 bits per heavy atom. The number of para-hydroxylation sites is 1. The van der Waals surface area contributed by atoms with Crippen molar-refractivity contribution in [3.05, 3.63) is 101 Å². The maximum Gasteiger partial charge on any atom is 0.288 e. The lowest BCUT2D eigenvalue weighted by Crippen LogP contribution is -2.41. The van der Waals surface area contributed by atoms with Gasteiger partial charge in [0.25, 0.3) is 17.4 Å². The number of pyridine rings is 1. The fourth-order valence-corrected chi connectivity index (χ4v) is 2.77.